The summed E-state index contributed by atoms with van der Waals surface area (Å²) in [5, 5.41) is 3.90. The van der Waals surface area contributed by atoms with Crippen molar-refractivity contribution >= 4 is 15.8 Å². The van der Waals surface area contributed by atoms with Crippen molar-refractivity contribution in [3.8, 4) is 5.82 Å². The van der Waals surface area contributed by atoms with Gasteiger partial charge in [0.1, 0.15) is 4.90 Å². The van der Waals surface area contributed by atoms with E-state index in [1.807, 2.05) is 0 Å². The predicted molar refractivity (Wildman–Crippen MR) is 65.8 cm³/mol. The fraction of sp³-hybridized carbons (Fsp3) is 0.182. The Morgan fingerprint density at radius 3 is 2.74 bits per heavy atom. The van der Waals surface area contributed by atoms with E-state index in [2.05, 4.69) is 14.8 Å². The van der Waals surface area contributed by atoms with Crippen molar-refractivity contribution in [2.24, 2.45) is 0 Å². The van der Waals surface area contributed by atoms with Crippen LogP contribution in [0.25, 0.3) is 5.82 Å². The van der Waals surface area contributed by atoms with Crippen LogP contribution in [0.5, 0.6) is 0 Å². The quantitative estimate of drug-likeness (QED) is 0.759. The summed E-state index contributed by atoms with van der Waals surface area (Å²) in [7, 11) is -2.05. The van der Waals surface area contributed by atoms with Gasteiger partial charge in [0, 0.05) is 12.5 Å². The lowest BCUT2D eigenvalue weighted by molar-refractivity contribution is 0.0600. The van der Waals surface area contributed by atoms with E-state index in [0.29, 0.717) is 11.4 Å². The summed E-state index contributed by atoms with van der Waals surface area (Å²) in [5.74, 6) is -0.169. The Balaban J connectivity index is 2.42. The van der Waals surface area contributed by atoms with Gasteiger partial charge in [-0.05, 0) is 12.1 Å². The molecule has 7 nitrogen and oxygen atoms in total. The van der Waals surface area contributed by atoms with E-state index in [4.69, 9.17) is 0 Å². The van der Waals surface area contributed by atoms with Gasteiger partial charge in [0.2, 0.25) is 0 Å². The molecular weight excluding hydrogens is 270 g/mol. The van der Waals surface area contributed by atoms with Gasteiger partial charge >= 0.3 is 5.97 Å². The SMILES string of the molecule is COC(=O)c1ccnc(-n2cc(S(C)(=O)=O)cn2)c1. The molecule has 0 aliphatic rings. The monoisotopic (exact) mass is 281 g/mol. The molecule has 0 radical (unpaired) electrons. The van der Waals surface area contributed by atoms with Crippen LogP contribution in [0, 0.1) is 0 Å². The Morgan fingerprint density at radius 1 is 1.42 bits per heavy atom. The average Bonchev–Trinajstić information content (AvgIpc) is 2.87. The van der Waals surface area contributed by atoms with Crippen LogP contribution in [-0.2, 0) is 14.6 Å². The number of carbonyl (C=O) groups is 1. The van der Waals surface area contributed by atoms with Gasteiger partial charge in [0.15, 0.2) is 15.7 Å². The van der Waals surface area contributed by atoms with Gasteiger partial charge in [-0.2, -0.15) is 5.10 Å². The molecule has 100 valence electrons. The summed E-state index contributed by atoms with van der Waals surface area (Å²) in [6, 6.07) is 2.96. The number of pyridine rings is 1. The van der Waals surface area contributed by atoms with Gasteiger partial charge in [-0.25, -0.2) is 22.9 Å². The highest BCUT2D eigenvalue weighted by atomic mass is 32.2. The normalized spacial score (nSPS) is 11.3. The first kappa shape index (κ1) is 13.2. The Kier molecular flexibility index (Phi) is 3.34. The molecule has 2 heterocycles. The molecule has 19 heavy (non-hydrogen) atoms. The van der Waals surface area contributed by atoms with Crippen LogP contribution in [0.2, 0.25) is 0 Å². The van der Waals surface area contributed by atoms with Crippen LogP contribution >= 0.6 is 0 Å². The minimum absolute atomic E-state index is 0.0813. The highest BCUT2D eigenvalue weighted by molar-refractivity contribution is 7.90. The fourth-order valence-corrected chi connectivity index (χ4v) is 1.94. The number of ether oxygens (including phenoxy) is 1. The molecule has 8 heteroatoms. The lowest BCUT2D eigenvalue weighted by Gasteiger charge is -2.02. The minimum atomic E-state index is -3.32. The smallest absolute Gasteiger partial charge is 0.338 e. The summed E-state index contributed by atoms with van der Waals surface area (Å²) >= 11 is 0. The zero-order valence-corrected chi connectivity index (χ0v) is 11.1. The molecular formula is C11H11N3O4S. The maximum Gasteiger partial charge on any atom is 0.338 e. The highest BCUT2D eigenvalue weighted by Gasteiger charge is 2.12. The van der Waals surface area contributed by atoms with Crippen LogP contribution in [0.3, 0.4) is 0 Å². The topological polar surface area (TPSA) is 91.1 Å². The molecule has 2 aromatic heterocycles. The maximum absolute atomic E-state index is 11.4. The summed E-state index contributed by atoms with van der Waals surface area (Å²) in [6.07, 6.45) is 5.07. The number of aromatic nitrogens is 3. The fourth-order valence-electron chi connectivity index (χ4n) is 1.41. The predicted octanol–water partition coefficient (Wildman–Crippen LogP) is 0.457. The van der Waals surface area contributed by atoms with E-state index in [1.54, 1.807) is 0 Å². The standard InChI is InChI=1S/C11H11N3O4S/c1-18-11(15)8-3-4-12-10(5-8)14-7-9(6-13-14)19(2,16)17/h3-7H,1-2H3. The summed E-state index contributed by atoms with van der Waals surface area (Å²) in [5.41, 5.74) is 0.309. The van der Waals surface area contributed by atoms with E-state index in [-0.39, 0.29) is 4.90 Å². The van der Waals surface area contributed by atoms with Crippen LogP contribution in [-0.4, -0.2) is 42.5 Å². The number of carbonyl (C=O) groups excluding carboxylic acids is 1. The van der Waals surface area contributed by atoms with Crippen LogP contribution in [0.1, 0.15) is 10.4 Å². The molecule has 0 aromatic carbocycles. The molecule has 0 bridgehead atoms. The first-order chi connectivity index (χ1) is 8.91. The number of esters is 1. The van der Waals surface area contributed by atoms with Gasteiger partial charge in [0.05, 0.1) is 25.1 Å². The molecule has 0 saturated heterocycles. The lowest BCUT2D eigenvalue weighted by atomic mass is 10.2. The third-order valence-corrected chi connectivity index (χ3v) is 3.46. The second-order valence-corrected chi connectivity index (χ2v) is 5.80. The van der Waals surface area contributed by atoms with E-state index < -0.39 is 15.8 Å². The molecule has 2 aromatic rings. The average molecular weight is 281 g/mol. The third kappa shape index (κ3) is 2.79. The van der Waals surface area contributed by atoms with Gasteiger partial charge in [-0.1, -0.05) is 0 Å². The van der Waals surface area contributed by atoms with Crippen molar-refractivity contribution in [3.63, 3.8) is 0 Å². The highest BCUT2D eigenvalue weighted by Crippen LogP contribution is 2.12. The zero-order chi connectivity index (χ0) is 14.0. The van der Waals surface area contributed by atoms with Crippen molar-refractivity contribution in [1.82, 2.24) is 14.8 Å². The van der Waals surface area contributed by atoms with Gasteiger partial charge in [-0.15, -0.1) is 0 Å². The van der Waals surface area contributed by atoms with Gasteiger partial charge in [0.25, 0.3) is 0 Å². The third-order valence-electron chi connectivity index (χ3n) is 2.39. The second kappa shape index (κ2) is 4.81. The van der Waals surface area contributed by atoms with Crippen molar-refractivity contribution in [1.29, 1.82) is 0 Å². The summed E-state index contributed by atoms with van der Waals surface area (Å²) in [4.78, 5) is 15.5. The number of nitrogens with zero attached hydrogens (tertiary/aromatic N) is 3. The number of hydrogen-bond donors (Lipinski definition) is 0. The van der Waals surface area contributed by atoms with Crippen LogP contribution in [0.4, 0.5) is 0 Å². The van der Waals surface area contributed by atoms with Crippen LogP contribution < -0.4 is 0 Å². The van der Waals surface area contributed by atoms with Crippen molar-refractivity contribution < 1.29 is 17.9 Å². The van der Waals surface area contributed by atoms with Crippen molar-refractivity contribution in [2.75, 3.05) is 13.4 Å². The summed E-state index contributed by atoms with van der Waals surface area (Å²) in [6.45, 7) is 0. The Hall–Kier alpha value is -2.22. The summed E-state index contributed by atoms with van der Waals surface area (Å²) < 4.78 is 28.6. The zero-order valence-electron chi connectivity index (χ0n) is 10.3. The molecule has 0 fully saturated rings. The Labute approximate surface area is 109 Å². The van der Waals surface area contributed by atoms with E-state index in [0.717, 1.165) is 6.26 Å². The molecule has 0 aliphatic heterocycles. The molecule has 0 unspecified atom stereocenters. The number of rotatable bonds is 3. The first-order valence-electron chi connectivity index (χ1n) is 5.21. The van der Waals surface area contributed by atoms with Gasteiger partial charge in [-0.3, -0.25) is 0 Å². The van der Waals surface area contributed by atoms with Crippen LogP contribution in [0.15, 0.2) is 35.6 Å². The van der Waals surface area contributed by atoms with E-state index >= 15 is 0 Å². The number of hydrogen-bond acceptors (Lipinski definition) is 6. The Bertz CT molecular complexity index is 721. The van der Waals surface area contributed by atoms with E-state index in [9.17, 15) is 13.2 Å². The van der Waals surface area contributed by atoms with Crippen molar-refractivity contribution in [3.05, 3.63) is 36.3 Å². The van der Waals surface area contributed by atoms with Crippen molar-refractivity contribution in [2.45, 2.75) is 4.90 Å². The molecule has 0 aliphatic carbocycles. The molecule has 0 amide bonds. The molecule has 0 atom stereocenters. The second-order valence-electron chi connectivity index (χ2n) is 3.79. The molecule has 0 saturated carbocycles. The molecule has 0 spiro atoms. The lowest BCUT2D eigenvalue weighted by Crippen LogP contribution is -2.05. The number of methoxy groups -OCH3 is 1. The largest absolute Gasteiger partial charge is 0.465 e. The first-order valence-corrected chi connectivity index (χ1v) is 7.10. The molecule has 2 rings (SSSR count). The molecule has 0 N–H and O–H groups in total. The van der Waals surface area contributed by atoms with E-state index in [1.165, 1.54) is 42.5 Å². The Morgan fingerprint density at radius 2 is 2.16 bits per heavy atom. The maximum atomic E-state index is 11.4. The van der Waals surface area contributed by atoms with Gasteiger partial charge < -0.3 is 4.74 Å². The number of sulfone groups is 1. The minimum Gasteiger partial charge on any atom is -0.465 e.